The molecule has 0 saturated heterocycles. The molecule has 0 aliphatic carbocycles. The molecule has 6 heteroatoms. The van der Waals surface area contributed by atoms with Crippen molar-refractivity contribution in [3.8, 4) is 11.3 Å². The Morgan fingerprint density at radius 3 is 2.62 bits per heavy atom. The minimum Gasteiger partial charge on any atom is -0.477 e. The Labute approximate surface area is 138 Å². The number of carboxylic acids is 1. The second kappa shape index (κ2) is 6.62. The largest absolute Gasteiger partial charge is 0.477 e. The Kier molecular flexibility index (Phi) is 4.37. The number of pyridine rings is 3. The van der Waals surface area contributed by atoms with E-state index >= 15 is 0 Å². The summed E-state index contributed by atoms with van der Waals surface area (Å²) in [4.78, 5) is 33.2. The number of fused-ring (bicyclic) bond motifs is 1. The van der Waals surface area contributed by atoms with Crippen molar-refractivity contribution in [2.45, 2.75) is 26.3 Å². The molecule has 6 nitrogen and oxygen atoms in total. The van der Waals surface area contributed by atoms with Crippen molar-refractivity contribution in [1.29, 1.82) is 0 Å². The molecule has 1 N–H and O–H groups in total. The molecule has 3 aromatic heterocycles. The van der Waals surface area contributed by atoms with Gasteiger partial charge in [-0.15, -0.1) is 0 Å². The molecule has 0 atom stereocenters. The molecular weight excluding hydrogens is 306 g/mol. The van der Waals surface area contributed by atoms with Gasteiger partial charge in [-0.1, -0.05) is 19.4 Å². The van der Waals surface area contributed by atoms with Gasteiger partial charge in [-0.05, 0) is 30.7 Å². The number of rotatable bonds is 5. The molecule has 0 saturated carbocycles. The molecule has 0 aromatic carbocycles. The predicted octanol–water partition coefficient (Wildman–Crippen LogP) is 2.96. The van der Waals surface area contributed by atoms with Crippen molar-refractivity contribution in [1.82, 2.24) is 14.5 Å². The van der Waals surface area contributed by atoms with Crippen LogP contribution in [0, 0.1) is 0 Å². The van der Waals surface area contributed by atoms with Crippen LogP contribution in [0.4, 0.5) is 0 Å². The van der Waals surface area contributed by atoms with Crippen LogP contribution in [-0.4, -0.2) is 25.6 Å². The molecule has 24 heavy (non-hydrogen) atoms. The standard InChI is InChI=1S/C18H17N3O3/c1-2-3-11-21-16-12(7-6-10-20-16)14(13-8-4-5-9-19-13)15(17(21)22)18(23)24/h4-10H,2-3,11H2,1H3,(H,23,24). The van der Waals surface area contributed by atoms with Crippen LogP contribution in [0.25, 0.3) is 22.3 Å². The van der Waals surface area contributed by atoms with Crippen LogP contribution < -0.4 is 5.56 Å². The van der Waals surface area contributed by atoms with Gasteiger partial charge in [0.25, 0.3) is 5.56 Å². The summed E-state index contributed by atoms with van der Waals surface area (Å²) >= 11 is 0. The number of hydrogen-bond acceptors (Lipinski definition) is 4. The number of unbranched alkanes of at least 4 members (excludes halogenated alkanes) is 1. The average molecular weight is 323 g/mol. The zero-order chi connectivity index (χ0) is 17.1. The van der Waals surface area contributed by atoms with Crippen LogP contribution in [0.3, 0.4) is 0 Å². The lowest BCUT2D eigenvalue weighted by molar-refractivity contribution is 0.0695. The minimum atomic E-state index is -1.25. The van der Waals surface area contributed by atoms with Crippen molar-refractivity contribution in [3.63, 3.8) is 0 Å². The van der Waals surface area contributed by atoms with Gasteiger partial charge in [0.1, 0.15) is 11.2 Å². The quantitative estimate of drug-likeness (QED) is 0.780. The number of carbonyl (C=O) groups is 1. The van der Waals surface area contributed by atoms with Crippen LogP contribution >= 0.6 is 0 Å². The molecule has 0 amide bonds. The van der Waals surface area contributed by atoms with Gasteiger partial charge in [0.2, 0.25) is 0 Å². The van der Waals surface area contributed by atoms with Crippen LogP contribution in [0.5, 0.6) is 0 Å². The first kappa shape index (κ1) is 15.9. The SMILES string of the molecule is CCCCn1c(=O)c(C(=O)O)c(-c2ccccn2)c2cccnc21. The van der Waals surface area contributed by atoms with Crippen molar-refractivity contribution in [3.05, 3.63) is 58.6 Å². The highest BCUT2D eigenvalue weighted by Crippen LogP contribution is 2.28. The van der Waals surface area contributed by atoms with E-state index < -0.39 is 11.5 Å². The smallest absolute Gasteiger partial charge is 0.342 e. The number of nitrogens with zero attached hydrogens (tertiary/aromatic N) is 3. The Morgan fingerprint density at radius 2 is 1.96 bits per heavy atom. The summed E-state index contributed by atoms with van der Waals surface area (Å²) in [5.74, 6) is -1.25. The van der Waals surface area contributed by atoms with Crippen LogP contribution in [0.1, 0.15) is 30.1 Å². The summed E-state index contributed by atoms with van der Waals surface area (Å²) < 4.78 is 1.45. The molecule has 3 heterocycles. The number of aromatic carboxylic acids is 1. The second-order valence-electron chi connectivity index (χ2n) is 5.46. The highest BCUT2D eigenvalue weighted by molar-refractivity contribution is 6.04. The Morgan fingerprint density at radius 1 is 1.17 bits per heavy atom. The average Bonchev–Trinajstić information content (AvgIpc) is 2.60. The first-order valence-electron chi connectivity index (χ1n) is 7.81. The van der Waals surface area contributed by atoms with E-state index in [2.05, 4.69) is 9.97 Å². The van der Waals surface area contributed by atoms with Gasteiger partial charge in [0, 0.05) is 29.9 Å². The van der Waals surface area contributed by atoms with E-state index in [9.17, 15) is 14.7 Å². The van der Waals surface area contributed by atoms with Crippen molar-refractivity contribution in [2.24, 2.45) is 0 Å². The molecule has 3 aromatic rings. The van der Waals surface area contributed by atoms with E-state index in [0.717, 1.165) is 12.8 Å². The van der Waals surface area contributed by atoms with Crippen molar-refractivity contribution in [2.75, 3.05) is 0 Å². The molecule has 3 rings (SSSR count). The number of hydrogen-bond donors (Lipinski definition) is 1. The van der Waals surface area contributed by atoms with Gasteiger partial charge < -0.3 is 5.11 Å². The van der Waals surface area contributed by atoms with E-state index in [1.54, 1.807) is 42.7 Å². The molecule has 0 spiro atoms. The third-order valence-corrected chi connectivity index (χ3v) is 3.89. The fourth-order valence-corrected chi connectivity index (χ4v) is 2.78. The maximum absolute atomic E-state index is 12.8. The maximum atomic E-state index is 12.8. The fourth-order valence-electron chi connectivity index (χ4n) is 2.78. The van der Waals surface area contributed by atoms with Gasteiger partial charge in [0.05, 0.1) is 5.69 Å². The van der Waals surface area contributed by atoms with Gasteiger partial charge in [0.15, 0.2) is 0 Å². The first-order chi connectivity index (χ1) is 11.6. The van der Waals surface area contributed by atoms with Crippen LogP contribution in [0.15, 0.2) is 47.5 Å². The summed E-state index contributed by atoms with van der Waals surface area (Å²) in [6.45, 7) is 2.45. The van der Waals surface area contributed by atoms with Crippen molar-refractivity contribution >= 4 is 17.0 Å². The number of aromatic nitrogens is 3. The molecule has 0 aliphatic heterocycles. The van der Waals surface area contributed by atoms with E-state index in [-0.39, 0.29) is 5.56 Å². The molecular formula is C18H17N3O3. The molecule has 0 aliphatic rings. The fraction of sp³-hybridized carbons (Fsp3) is 0.222. The molecule has 0 unspecified atom stereocenters. The summed E-state index contributed by atoms with van der Waals surface area (Å²) in [7, 11) is 0. The second-order valence-corrected chi connectivity index (χ2v) is 5.46. The normalized spacial score (nSPS) is 10.9. The Balaban J connectivity index is 2.45. The lowest BCUT2D eigenvalue weighted by Gasteiger charge is -2.15. The Hall–Kier alpha value is -3.02. The molecule has 122 valence electrons. The highest BCUT2D eigenvalue weighted by atomic mass is 16.4. The van der Waals surface area contributed by atoms with Crippen LogP contribution in [-0.2, 0) is 6.54 Å². The third kappa shape index (κ3) is 2.67. The first-order valence-corrected chi connectivity index (χ1v) is 7.81. The van der Waals surface area contributed by atoms with E-state index in [1.807, 2.05) is 6.92 Å². The summed E-state index contributed by atoms with van der Waals surface area (Å²) in [6.07, 6.45) is 4.84. The zero-order valence-corrected chi connectivity index (χ0v) is 13.3. The van der Waals surface area contributed by atoms with Gasteiger partial charge in [-0.2, -0.15) is 0 Å². The molecule has 0 bridgehead atoms. The van der Waals surface area contributed by atoms with E-state index in [0.29, 0.717) is 28.8 Å². The number of aryl methyl sites for hydroxylation is 1. The summed E-state index contributed by atoms with van der Waals surface area (Å²) in [5, 5.41) is 10.3. The summed E-state index contributed by atoms with van der Waals surface area (Å²) in [6, 6.07) is 8.71. The Bertz CT molecular complexity index is 949. The van der Waals surface area contributed by atoms with E-state index in [1.165, 1.54) is 4.57 Å². The number of carboxylic acid groups (broad SMARTS) is 1. The molecule has 0 radical (unpaired) electrons. The monoisotopic (exact) mass is 323 g/mol. The van der Waals surface area contributed by atoms with Crippen LogP contribution in [0.2, 0.25) is 0 Å². The zero-order valence-electron chi connectivity index (χ0n) is 13.3. The summed E-state index contributed by atoms with van der Waals surface area (Å²) in [5.41, 5.74) is 0.464. The minimum absolute atomic E-state index is 0.259. The van der Waals surface area contributed by atoms with Crippen molar-refractivity contribution < 1.29 is 9.90 Å². The van der Waals surface area contributed by atoms with Gasteiger partial charge in [-0.25, -0.2) is 9.78 Å². The van der Waals surface area contributed by atoms with Gasteiger partial charge in [-0.3, -0.25) is 14.3 Å². The highest BCUT2D eigenvalue weighted by Gasteiger charge is 2.23. The predicted molar refractivity (Wildman–Crippen MR) is 91.1 cm³/mol. The van der Waals surface area contributed by atoms with Gasteiger partial charge >= 0.3 is 5.97 Å². The maximum Gasteiger partial charge on any atom is 0.342 e. The van der Waals surface area contributed by atoms with E-state index in [4.69, 9.17) is 0 Å². The molecule has 0 fully saturated rings. The lowest BCUT2D eigenvalue weighted by Crippen LogP contribution is -2.28. The topological polar surface area (TPSA) is 85.1 Å². The lowest BCUT2D eigenvalue weighted by atomic mass is 10.0. The third-order valence-electron chi connectivity index (χ3n) is 3.89.